The van der Waals surface area contributed by atoms with Gasteiger partial charge >= 0.3 is 6.09 Å². The van der Waals surface area contributed by atoms with Gasteiger partial charge in [0.25, 0.3) is 0 Å². The van der Waals surface area contributed by atoms with Crippen molar-refractivity contribution >= 4 is 11.9 Å². The van der Waals surface area contributed by atoms with E-state index in [9.17, 15) is 4.79 Å². The van der Waals surface area contributed by atoms with Gasteiger partial charge in [0.15, 0.2) is 0 Å². The van der Waals surface area contributed by atoms with E-state index in [0.29, 0.717) is 13.1 Å². The summed E-state index contributed by atoms with van der Waals surface area (Å²) in [4.78, 5) is 20.9. The highest BCUT2D eigenvalue weighted by atomic mass is 16.6. The van der Waals surface area contributed by atoms with Gasteiger partial charge in [-0.15, -0.1) is 0 Å². The Balaban J connectivity index is 1.73. The van der Waals surface area contributed by atoms with Crippen LogP contribution >= 0.6 is 0 Å². The smallest absolute Gasteiger partial charge is 0.410 e. The maximum absolute atomic E-state index is 12.3. The molecule has 0 unspecified atom stereocenters. The maximum Gasteiger partial charge on any atom is 0.410 e. The summed E-state index contributed by atoms with van der Waals surface area (Å²) in [5, 5.41) is 0. The second kappa shape index (κ2) is 6.46. The van der Waals surface area contributed by atoms with Crippen LogP contribution in [0.4, 0.5) is 4.79 Å². The minimum Gasteiger partial charge on any atom is -0.444 e. The molecule has 0 N–H and O–H groups in total. The van der Waals surface area contributed by atoms with Crippen molar-refractivity contribution in [2.75, 3.05) is 19.6 Å². The van der Waals surface area contributed by atoms with Crippen LogP contribution in [0.2, 0.25) is 0 Å². The average molecular weight is 329 g/mol. The molecule has 5 nitrogen and oxygen atoms in total. The molecule has 130 valence electrons. The molecular formula is C19H27N3O2. The Hall–Kier alpha value is -2.04. The van der Waals surface area contributed by atoms with Crippen molar-refractivity contribution in [3.63, 3.8) is 0 Å². The number of benzene rings is 1. The molecule has 1 aromatic rings. The highest BCUT2D eigenvalue weighted by Gasteiger charge is 2.27. The number of amidine groups is 1. The lowest BCUT2D eigenvalue weighted by molar-refractivity contribution is 0.0223. The van der Waals surface area contributed by atoms with Crippen molar-refractivity contribution in [2.45, 2.75) is 52.8 Å². The standard InChI is InChI=1S/C19H27N3O2/c1-14-20-9-11-21(14)12-15-6-5-7-16-13-22(10-8-17(15)16)18(23)24-19(2,3)4/h5-7H,8-13H2,1-4H3. The van der Waals surface area contributed by atoms with Crippen LogP contribution in [0.25, 0.3) is 0 Å². The molecule has 0 aromatic heterocycles. The molecular weight excluding hydrogens is 302 g/mol. The number of amides is 1. The van der Waals surface area contributed by atoms with E-state index >= 15 is 0 Å². The molecule has 0 atom stereocenters. The van der Waals surface area contributed by atoms with Gasteiger partial charge in [0.2, 0.25) is 0 Å². The molecule has 0 spiro atoms. The molecule has 3 rings (SSSR count). The van der Waals surface area contributed by atoms with E-state index in [-0.39, 0.29) is 6.09 Å². The van der Waals surface area contributed by atoms with Gasteiger partial charge in [-0.3, -0.25) is 4.99 Å². The molecule has 0 aliphatic carbocycles. The number of aliphatic imine (C=N–C) groups is 1. The Morgan fingerprint density at radius 3 is 2.75 bits per heavy atom. The average Bonchev–Trinajstić information content (AvgIpc) is 2.90. The van der Waals surface area contributed by atoms with E-state index in [1.165, 1.54) is 16.7 Å². The van der Waals surface area contributed by atoms with Gasteiger partial charge in [-0.05, 0) is 50.8 Å². The maximum atomic E-state index is 12.3. The zero-order chi connectivity index (χ0) is 17.3. The number of rotatable bonds is 2. The van der Waals surface area contributed by atoms with Crippen LogP contribution < -0.4 is 0 Å². The summed E-state index contributed by atoms with van der Waals surface area (Å²) in [6.45, 7) is 11.9. The molecule has 0 fully saturated rings. The normalized spacial score (nSPS) is 17.6. The minimum atomic E-state index is -0.453. The Bertz CT molecular complexity index is 661. The monoisotopic (exact) mass is 329 g/mol. The summed E-state index contributed by atoms with van der Waals surface area (Å²) < 4.78 is 5.51. The van der Waals surface area contributed by atoms with Crippen molar-refractivity contribution in [3.8, 4) is 0 Å². The quantitative estimate of drug-likeness (QED) is 0.837. The summed E-state index contributed by atoms with van der Waals surface area (Å²) in [6.07, 6.45) is 0.662. The van der Waals surface area contributed by atoms with Gasteiger partial charge in [0.1, 0.15) is 5.60 Å². The molecule has 0 radical (unpaired) electrons. The van der Waals surface area contributed by atoms with Crippen molar-refractivity contribution in [1.29, 1.82) is 0 Å². The minimum absolute atomic E-state index is 0.221. The number of ether oxygens (including phenoxy) is 1. The number of hydrogen-bond donors (Lipinski definition) is 0. The predicted octanol–water partition coefficient (Wildman–Crippen LogP) is 3.21. The Morgan fingerprint density at radius 2 is 2.08 bits per heavy atom. The van der Waals surface area contributed by atoms with E-state index in [2.05, 4.69) is 35.0 Å². The van der Waals surface area contributed by atoms with Crippen LogP contribution in [-0.2, 0) is 24.2 Å². The van der Waals surface area contributed by atoms with Gasteiger partial charge in [-0.1, -0.05) is 18.2 Å². The van der Waals surface area contributed by atoms with Gasteiger partial charge in [0.05, 0.1) is 12.4 Å². The second-order valence-corrected chi connectivity index (χ2v) is 7.56. The highest BCUT2D eigenvalue weighted by Crippen LogP contribution is 2.25. The number of fused-ring (bicyclic) bond motifs is 1. The van der Waals surface area contributed by atoms with Crippen LogP contribution in [0.15, 0.2) is 23.2 Å². The van der Waals surface area contributed by atoms with E-state index in [4.69, 9.17) is 4.74 Å². The Labute approximate surface area is 144 Å². The zero-order valence-electron chi connectivity index (χ0n) is 15.1. The van der Waals surface area contributed by atoms with Gasteiger partial charge in [-0.25, -0.2) is 4.79 Å². The van der Waals surface area contributed by atoms with E-state index in [1.807, 2.05) is 20.8 Å². The third-order valence-corrected chi connectivity index (χ3v) is 4.54. The van der Waals surface area contributed by atoms with Crippen LogP contribution in [0.1, 0.15) is 44.4 Å². The zero-order valence-corrected chi connectivity index (χ0v) is 15.1. The van der Waals surface area contributed by atoms with Crippen molar-refractivity contribution in [1.82, 2.24) is 9.80 Å². The fraction of sp³-hybridized carbons (Fsp3) is 0.579. The topological polar surface area (TPSA) is 45.1 Å². The van der Waals surface area contributed by atoms with Gasteiger partial charge < -0.3 is 14.5 Å². The lowest BCUT2D eigenvalue weighted by Crippen LogP contribution is -2.40. The molecule has 2 aliphatic rings. The highest BCUT2D eigenvalue weighted by molar-refractivity contribution is 5.81. The number of nitrogens with zero attached hydrogens (tertiary/aromatic N) is 3. The van der Waals surface area contributed by atoms with Crippen LogP contribution in [-0.4, -0.2) is 47.0 Å². The largest absolute Gasteiger partial charge is 0.444 e. The fourth-order valence-electron chi connectivity index (χ4n) is 3.31. The first-order valence-electron chi connectivity index (χ1n) is 8.67. The summed E-state index contributed by atoms with van der Waals surface area (Å²) in [7, 11) is 0. The molecule has 2 heterocycles. The molecule has 0 saturated heterocycles. The van der Waals surface area contributed by atoms with Crippen molar-refractivity contribution < 1.29 is 9.53 Å². The molecule has 1 aromatic carbocycles. The van der Waals surface area contributed by atoms with Crippen LogP contribution in [0.5, 0.6) is 0 Å². The summed E-state index contributed by atoms with van der Waals surface area (Å²) in [6, 6.07) is 6.42. The molecule has 24 heavy (non-hydrogen) atoms. The van der Waals surface area contributed by atoms with Crippen molar-refractivity contribution in [2.24, 2.45) is 4.99 Å². The van der Waals surface area contributed by atoms with E-state index in [0.717, 1.165) is 31.9 Å². The van der Waals surface area contributed by atoms with Gasteiger partial charge in [-0.2, -0.15) is 0 Å². The number of carbonyl (C=O) groups is 1. The fourth-order valence-corrected chi connectivity index (χ4v) is 3.31. The second-order valence-electron chi connectivity index (χ2n) is 7.56. The lowest BCUT2D eigenvalue weighted by atomic mass is 9.94. The Morgan fingerprint density at radius 1 is 1.29 bits per heavy atom. The summed E-state index contributed by atoms with van der Waals surface area (Å²) in [5.74, 6) is 1.12. The first-order chi connectivity index (χ1) is 11.3. The molecule has 1 amide bonds. The lowest BCUT2D eigenvalue weighted by Gasteiger charge is -2.32. The SMILES string of the molecule is CC1=NCCN1Cc1cccc2c1CCN(C(=O)OC(C)(C)C)C2. The van der Waals surface area contributed by atoms with Crippen LogP contribution in [0.3, 0.4) is 0 Å². The third kappa shape index (κ3) is 3.71. The number of carbonyl (C=O) groups excluding carboxylic acids is 1. The number of hydrogen-bond acceptors (Lipinski definition) is 4. The van der Waals surface area contributed by atoms with E-state index < -0.39 is 5.60 Å². The first kappa shape index (κ1) is 16.8. The predicted molar refractivity (Wildman–Crippen MR) is 95.2 cm³/mol. The van der Waals surface area contributed by atoms with Crippen LogP contribution in [0, 0.1) is 0 Å². The molecule has 0 bridgehead atoms. The summed E-state index contributed by atoms with van der Waals surface area (Å²) in [5.41, 5.74) is 3.52. The Kier molecular flexibility index (Phi) is 4.52. The molecule has 2 aliphatic heterocycles. The molecule has 0 saturated carbocycles. The van der Waals surface area contributed by atoms with Gasteiger partial charge in [0, 0.05) is 26.2 Å². The molecule has 5 heteroatoms. The third-order valence-electron chi connectivity index (χ3n) is 4.54. The van der Waals surface area contributed by atoms with E-state index in [1.54, 1.807) is 4.90 Å². The first-order valence-corrected chi connectivity index (χ1v) is 8.67. The summed E-state index contributed by atoms with van der Waals surface area (Å²) >= 11 is 0. The van der Waals surface area contributed by atoms with Crippen molar-refractivity contribution in [3.05, 3.63) is 34.9 Å².